The highest BCUT2D eigenvalue weighted by molar-refractivity contribution is 5.23. The van der Waals surface area contributed by atoms with Gasteiger partial charge in [-0.15, -0.1) is 5.92 Å². The van der Waals surface area contributed by atoms with Crippen LogP contribution in [0.15, 0.2) is 24.4 Å². The van der Waals surface area contributed by atoms with Crippen LogP contribution < -0.4 is 0 Å². The molecule has 1 aliphatic rings. The molecule has 0 aromatic rings. The lowest BCUT2D eigenvalue weighted by Crippen LogP contribution is -2.24. The van der Waals surface area contributed by atoms with Gasteiger partial charge in [-0.25, -0.2) is 0 Å². The molecule has 0 aromatic carbocycles. The second-order valence-electron chi connectivity index (χ2n) is 2.51. The van der Waals surface area contributed by atoms with Crippen molar-refractivity contribution in [3.8, 4) is 11.8 Å². The Kier molecular flexibility index (Phi) is 2.80. The van der Waals surface area contributed by atoms with Gasteiger partial charge in [-0.1, -0.05) is 18.9 Å². The summed E-state index contributed by atoms with van der Waals surface area (Å²) in [7, 11) is 2.04. The topological polar surface area (TPSA) is 3.24 Å². The molecule has 0 amide bonds. The van der Waals surface area contributed by atoms with E-state index in [0.717, 1.165) is 6.42 Å². The third kappa shape index (κ3) is 2.16. The van der Waals surface area contributed by atoms with E-state index in [-0.39, 0.29) is 6.04 Å². The zero-order valence-corrected chi connectivity index (χ0v) is 7.04. The van der Waals surface area contributed by atoms with Crippen molar-refractivity contribution in [1.29, 1.82) is 0 Å². The van der Waals surface area contributed by atoms with Crippen molar-refractivity contribution in [1.82, 2.24) is 4.90 Å². The van der Waals surface area contributed by atoms with Crippen LogP contribution in [0.3, 0.4) is 0 Å². The lowest BCUT2D eigenvalue weighted by atomic mass is 10.2. The quantitative estimate of drug-likeness (QED) is 0.472. The summed E-state index contributed by atoms with van der Waals surface area (Å²) in [5.41, 5.74) is 0. The predicted molar refractivity (Wildman–Crippen MR) is 47.9 cm³/mol. The molecule has 0 N–H and O–H groups in total. The molecule has 0 aliphatic carbocycles. The molecule has 0 saturated carbocycles. The Hall–Kier alpha value is -1.16. The number of hydrogen-bond acceptors (Lipinski definition) is 1. The smallest absolute Gasteiger partial charge is 0.108 e. The zero-order valence-electron chi connectivity index (χ0n) is 7.04. The Morgan fingerprint density at radius 3 is 2.91 bits per heavy atom. The summed E-state index contributed by atoms with van der Waals surface area (Å²) in [6, 6.07) is 0.278. The van der Waals surface area contributed by atoms with Crippen LogP contribution in [0.5, 0.6) is 0 Å². The molecular formula is C10H13N. The van der Waals surface area contributed by atoms with Crippen LogP contribution in [0.1, 0.15) is 13.3 Å². The maximum Gasteiger partial charge on any atom is 0.108 e. The first-order chi connectivity index (χ1) is 5.34. The number of hydrogen-bond donors (Lipinski definition) is 0. The first-order valence-corrected chi connectivity index (χ1v) is 3.90. The summed E-state index contributed by atoms with van der Waals surface area (Å²) in [4.78, 5) is 2.10. The van der Waals surface area contributed by atoms with E-state index in [0.29, 0.717) is 0 Å². The Labute approximate surface area is 68.4 Å². The lowest BCUT2D eigenvalue weighted by Gasteiger charge is -2.20. The van der Waals surface area contributed by atoms with Crippen LogP contribution in [-0.2, 0) is 0 Å². The fraction of sp³-hybridized carbons (Fsp3) is 0.400. The number of rotatable bonds is 0. The molecule has 1 unspecified atom stereocenters. The first-order valence-electron chi connectivity index (χ1n) is 3.90. The summed E-state index contributed by atoms with van der Waals surface area (Å²) in [5.74, 6) is 6.23. The third-order valence-electron chi connectivity index (χ3n) is 1.59. The van der Waals surface area contributed by atoms with E-state index in [4.69, 9.17) is 0 Å². The maximum atomic E-state index is 3.16. The SMILES string of the molecule is CCC#CC1C=CC=CN1C. The van der Waals surface area contributed by atoms with Crippen LogP contribution >= 0.6 is 0 Å². The second-order valence-corrected chi connectivity index (χ2v) is 2.51. The third-order valence-corrected chi connectivity index (χ3v) is 1.59. The largest absolute Gasteiger partial charge is 0.364 e. The van der Waals surface area contributed by atoms with Gasteiger partial charge in [0, 0.05) is 19.7 Å². The Bertz CT molecular complexity index is 227. The van der Waals surface area contributed by atoms with Crippen molar-refractivity contribution in [2.75, 3.05) is 7.05 Å². The van der Waals surface area contributed by atoms with Gasteiger partial charge >= 0.3 is 0 Å². The average molecular weight is 147 g/mol. The van der Waals surface area contributed by atoms with Gasteiger partial charge < -0.3 is 4.90 Å². The van der Waals surface area contributed by atoms with Gasteiger partial charge in [0.25, 0.3) is 0 Å². The molecule has 0 spiro atoms. The van der Waals surface area contributed by atoms with Crippen LogP contribution in [0, 0.1) is 11.8 Å². The van der Waals surface area contributed by atoms with Gasteiger partial charge in [-0.3, -0.25) is 0 Å². The molecule has 58 valence electrons. The Balaban J connectivity index is 2.59. The lowest BCUT2D eigenvalue weighted by molar-refractivity contribution is 0.443. The van der Waals surface area contributed by atoms with Crippen LogP contribution in [-0.4, -0.2) is 18.0 Å². The summed E-state index contributed by atoms with van der Waals surface area (Å²) < 4.78 is 0. The fourth-order valence-electron chi connectivity index (χ4n) is 0.940. The van der Waals surface area contributed by atoms with E-state index in [1.807, 2.05) is 25.4 Å². The Morgan fingerprint density at radius 2 is 2.27 bits per heavy atom. The van der Waals surface area contributed by atoms with Crippen molar-refractivity contribution in [3.05, 3.63) is 24.4 Å². The van der Waals surface area contributed by atoms with Crippen molar-refractivity contribution in [2.45, 2.75) is 19.4 Å². The molecule has 0 aromatic heterocycles. The highest BCUT2D eigenvalue weighted by Crippen LogP contribution is 2.03. The molecular weight excluding hydrogens is 134 g/mol. The molecule has 0 fully saturated rings. The van der Waals surface area contributed by atoms with Crippen molar-refractivity contribution in [2.24, 2.45) is 0 Å². The second kappa shape index (κ2) is 3.88. The minimum Gasteiger partial charge on any atom is -0.364 e. The number of nitrogens with zero attached hydrogens (tertiary/aromatic N) is 1. The molecule has 1 atom stereocenters. The number of likely N-dealkylation sites (N-methyl/N-ethyl adjacent to an activating group) is 1. The normalized spacial score (nSPS) is 21.3. The van der Waals surface area contributed by atoms with Crippen molar-refractivity contribution < 1.29 is 0 Å². The first kappa shape index (κ1) is 7.94. The highest BCUT2D eigenvalue weighted by atomic mass is 15.1. The van der Waals surface area contributed by atoms with Gasteiger partial charge in [-0.2, -0.15) is 0 Å². The minimum absolute atomic E-state index is 0.278. The molecule has 11 heavy (non-hydrogen) atoms. The molecule has 1 aliphatic heterocycles. The van der Waals surface area contributed by atoms with Gasteiger partial charge in [0.05, 0.1) is 0 Å². The summed E-state index contributed by atoms with van der Waals surface area (Å²) >= 11 is 0. The summed E-state index contributed by atoms with van der Waals surface area (Å²) in [5, 5.41) is 0. The number of allylic oxidation sites excluding steroid dienone is 2. The molecule has 1 heteroatoms. The van der Waals surface area contributed by atoms with Gasteiger partial charge in [0.1, 0.15) is 6.04 Å². The van der Waals surface area contributed by atoms with Gasteiger partial charge in [-0.05, 0) is 12.2 Å². The van der Waals surface area contributed by atoms with E-state index < -0.39 is 0 Å². The Morgan fingerprint density at radius 1 is 1.45 bits per heavy atom. The molecule has 1 rings (SSSR count). The molecule has 1 heterocycles. The highest BCUT2D eigenvalue weighted by Gasteiger charge is 2.04. The van der Waals surface area contributed by atoms with Crippen LogP contribution in [0.2, 0.25) is 0 Å². The average Bonchev–Trinajstić information content (AvgIpc) is 2.03. The van der Waals surface area contributed by atoms with E-state index in [1.165, 1.54) is 0 Å². The van der Waals surface area contributed by atoms with Crippen molar-refractivity contribution >= 4 is 0 Å². The zero-order chi connectivity index (χ0) is 8.10. The van der Waals surface area contributed by atoms with Crippen LogP contribution in [0.25, 0.3) is 0 Å². The van der Waals surface area contributed by atoms with Crippen LogP contribution in [0.4, 0.5) is 0 Å². The summed E-state index contributed by atoms with van der Waals surface area (Å²) in [6.45, 7) is 2.06. The van der Waals surface area contributed by atoms with Gasteiger partial charge in [0.2, 0.25) is 0 Å². The summed E-state index contributed by atoms with van der Waals surface area (Å²) in [6.07, 6.45) is 9.12. The molecule has 0 saturated heterocycles. The minimum atomic E-state index is 0.278. The van der Waals surface area contributed by atoms with E-state index >= 15 is 0 Å². The van der Waals surface area contributed by atoms with Gasteiger partial charge in [0.15, 0.2) is 0 Å². The maximum absolute atomic E-state index is 3.16. The van der Waals surface area contributed by atoms with E-state index in [1.54, 1.807) is 0 Å². The molecule has 0 bridgehead atoms. The monoisotopic (exact) mass is 147 g/mol. The molecule has 1 nitrogen and oxygen atoms in total. The standard InChI is InChI=1S/C10H13N/c1-3-4-7-10-8-5-6-9-11(10)2/h5-6,8-10H,3H2,1-2H3. The fourth-order valence-corrected chi connectivity index (χ4v) is 0.940. The van der Waals surface area contributed by atoms with E-state index in [9.17, 15) is 0 Å². The predicted octanol–water partition coefficient (Wildman–Crippen LogP) is 1.78. The van der Waals surface area contributed by atoms with E-state index in [2.05, 4.69) is 29.7 Å². The molecule has 0 radical (unpaired) electrons. The van der Waals surface area contributed by atoms with Crippen molar-refractivity contribution in [3.63, 3.8) is 0 Å².